The van der Waals surface area contributed by atoms with Gasteiger partial charge in [0.25, 0.3) is 0 Å². The van der Waals surface area contributed by atoms with Gasteiger partial charge in [0.15, 0.2) is 5.96 Å². The van der Waals surface area contributed by atoms with Crippen molar-refractivity contribution in [2.45, 2.75) is 83.0 Å². The fourth-order valence-corrected chi connectivity index (χ4v) is 6.00. The third-order valence-corrected chi connectivity index (χ3v) is 9.32. The Hall–Kier alpha value is -6.01. The summed E-state index contributed by atoms with van der Waals surface area (Å²) in [6, 6.07) is 29.7. The summed E-state index contributed by atoms with van der Waals surface area (Å²) in [5.74, 6) is -2.57. The molecule has 0 heterocycles. The van der Waals surface area contributed by atoms with E-state index >= 15 is 0 Å². The van der Waals surface area contributed by atoms with Crippen molar-refractivity contribution in [1.29, 1.82) is 0 Å². The number of aliphatic imine (C=N–C) groups is 1. The van der Waals surface area contributed by atoms with E-state index in [9.17, 15) is 19.2 Å². The lowest BCUT2D eigenvalue weighted by atomic mass is 9.86. The van der Waals surface area contributed by atoms with Crippen molar-refractivity contribution < 1.29 is 19.2 Å². The highest BCUT2D eigenvalue weighted by Crippen LogP contribution is 2.26. The molecule has 0 fully saturated rings. The van der Waals surface area contributed by atoms with Crippen LogP contribution in [-0.4, -0.2) is 60.3 Å². The van der Waals surface area contributed by atoms with Crippen molar-refractivity contribution in [3.05, 3.63) is 120 Å². The molecule has 11 N–H and O–H groups in total. The largest absolute Gasteiger partial charge is 0.370 e. The molecule has 12 nitrogen and oxygen atoms in total. The van der Waals surface area contributed by atoms with E-state index in [4.69, 9.17) is 22.9 Å². The summed E-state index contributed by atoms with van der Waals surface area (Å²) >= 11 is 0. The van der Waals surface area contributed by atoms with Gasteiger partial charge in [-0.1, -0.05) is 124 Å². The molecule has 290 valence electrons. The molecule has 4 aromatic rings. The molecule has 0 saturated heterocycles. The van der Waals surface area contributed by atoms with Gasteiger partial charge in [0.05, 0.1) is 6.04 Å². The van der Waals surface area contributed by atoms with Crippen LogP contribution in [0.5, 0.6) is 0 Å². The minimum absolute atomic E-state index is 0.0323. The van der Waals surface area contributed by atoms with Gasteiger partial charge in [0.2, 0.25) is 23.6 Å². The predicted octanol–water partition coefficient (Wildman–Crippen LogP) is 3.44. The highest BCUT2D eigenvalue weighted by Gasteiger charge is 2.29. The maximum atomic E-state index is 13.7. The smallest absolute Gasteiger partial charge is 0.243 e. The summed E-state index contributed by atoms with van der Waals surface area (Å²) in [6.45, 7) is 8.25. The average Bonchev–Trinajstić information content (AvgIpc) is 3.16. The van der Waals surface area contributed by atoms with Gasteiger partial charge >= 0.3 is 0 Å². The quantitative estimate of drug-likeness (QED) is 0.0484. The Morgan fingerprint density at radius 2 is 1.11 bits per heavy atom. The zero-order valence-corrected chi connectivity index (χ0v) is 32.0. The zero-order chi connectivity index (χ0) is 40.1. The number of nitrogens with zero attached hydrogens (tertiary/aromatic N) is 1. The molecule has 0 unspecified atom stereocenters. The summed E-state index contributed by atoms with van der Waals surface area (Å²) in [5, 5.41) is 8.11. The van der Waals surface area contributed by atoms with Crippen molar-refractivity contribution in [1.82, 2.24) is 16.0 Å². The minimum Gasteiger partial charge on any atom is -0.370 e. The molecule has 4 atom stereocenters. The van der Waals surface area contributed by atoms with Gasteiger partial charge in [0, 0.05) is 13.0 Å². The lowest BCUT2D eigenvalue weighted by Gasteiger charge is -2.24. The number of hydrogen-bond donors (Lipinski definition) is 7. The number of carbonyl (C=O) groups excluding carboxylic acids is 4. The second kappa shape index (κ2) is 19.4. The van der Waals surface area contributed by atoms with Crippen LogP contribution in [-0.2, 0) is 37.4 Å². The van der Waals surface area contributed by atoms with E-state index in [1.54, 1.807) is 0 Å². The fourth-order valence-electron chi connectivity index (χ4n) is 6.00. The minimum atomic E-state index is -1.11. The molecule has 0 aliphatic heterocycles. The number of carbonyl (C=O) groups is 4. The maximum absolute atomic E-state index is 13.7. The number of benzene rings is 4. The van der Waals surface area contributed by atoms with Gasteiger partial charge in [0.1, 0.15) is 18.1 Å². The molecule has 12 heteroatoms. The molecule has 4 rings (SSSR count). The molecule has 0 aromatic heterocycles. The first-order valence-corrected chi connectivity index (χ1v) is 18.5. The lowest BCUT2D eigenvalue weighted by molar-refractivity contribution is -0.133. The van der Waals surface area contributed by atoms with Gasteiger partial charge in [-0.25, -0.2) is 0 Å². The first-order chi connectivity index (χ1) is 26.1. The number of amides is 4. The molecule has 0 aliphatic rings. The van der Waals surface area contributed by atoms with Crippen LogP contribution in [0.25, 0.3) is 22.3 Å². The second-order valence-electron chi connectivity index (χ2n) is 14.8. The molecular weight excluding hydrogens is 693 g/mol. The number of nitrogens with two attached hydrogens (primary N) is 4. The van der Waals surface area contributed by atoms with Crippen molar-refractivity contribution in [3.63, 3.8) is 0 Å². The molecule has 55 heavy (non-hydrogen) atoms. The monoisotopic (exact) mass is 746 g/mol. The molecule has 0 bridgehead atoms. The van der Waals surface area contributed by atoms with Crippen LogP contribution in [0, 0.1) is 0 Å². The number of guanidine groups is 1. The predicted molar refractivity (Wildman–Crippen MR) is 218 cm³/mol. The Morgan fingerprint density at radius 1 is 0.618 bits per heavy atom. The maximum Gasteiger partial charge on any atom is 0.243 e. The van der Waals surface area contributed by atoms with Crippen LogP contribution in [0.1, 0.15) is 57.2 Å². The van der Waals surface area contributed by atoms with Crippen LogP contribution in [0.3, 0.4) is 0 Å². The van der Waals surface area contributed by atoms with E-state index < -0.39 is 47.8 Å². The van der Waals surface area contributed by atoms with E-state index in [0.717, 1.165) is 33.4 Å². The van der Waals surface area contributed by atoms with Crippen molar-refractivity contribution in [2.24, 2.45) is 27.9 Å². The number of hydrogen-bond acceptors (Lipinski definition) is 6. The van der Waals surface area contributed by atoms with Crippen LogP contribution >= 0.6 is 0 Å². The van der Waals surface area contributed by atoms with E-state index in [0.29, 0.717) is 6.42 Å². The molecular formula is C43H54N8O4. The topological polar surface area (TPSA) is 221 Å². The molecule has 0 saturated carbocycles. The Kier molecular flexibility index (Phi) is 14.7. The normalized spacial score (nSPS) is 13.4. The van der Waals surface area contributed by atoms with Crippen molar-refractivity contribution >= 4 is 29.6 Å². The van der Waals surface area contributed by atoms with E-state index in [2.05, 4.69) is 66.0 Å². The number of primary amides is 1. The molecule has 0 aliphatic carbocycles. The molecule has 4 aromatic carbocycles. The summed E-state index contributed by atoms with van der Waals surface area (Å²) < 4.78 is 0. The Bertz CT molecular complexity index is 1920. The fraction of sp³-hybridized carbons (Fsp3) is 0.326. The van der Waals surface area contributed by atoms with Crippen LogP contribution in [0.15, 0.2) is 108 Å². The van der Waals surface area contributed by atoms with Crippen LogP contribution in [0.2, 0.25) is 0 Å². The van der Waals surface area contributed by atoms with Crippen molar-refractivity contribution in [2.75, 3.05) is 6.54 Å². The Labute approximate surface area is 323 Å². The standard InChI is InChI=1S/C43H54N8O4/c1-27(49-40(54)35(44)25-28-12-16-31(17-13-28)30-9-6-5-7-10-30)39(53)51-37(41(55)50-36(38(45)52)11-8-24-48-42(46)47)26-29-14-18-32(19-15-29)33-20-22-34(23-21-33)43(2,3)4/h5-7,9-10,12-23,27,35-37H,8,11,24-26,44H2,1-4H3,(H2,45,52)(H,49,54)(H,50,55)(H,51,53)(H4,46,47,48)/t27-,35-,36-,37-/m0/s1. The summed E-state index contributed by atoms with van der Waals surface area (Å²) in [7, 11) is 0. The van der Waals surface area contributed by atoms with Gasteiger partial charge < -0.3 is 38.9 Å². The van der Waals surface area contributed by atoms with Gasteiger partial charge in [-0.2, -0.15) is 0 Å². The van der Waals surface area contributed by atoms with E-state index in [1.807, 2.05) is 78.9 Å². The van der Waals surface area contributed by atoms with Gasteiger partial charge in [-0.05, 0) is 70.5 Å². The first kappa shape index (κ1) is 41.7. The van der Waals surface area contributed by atoms with Crippen molar-refractivity contribution in [3.8, 4) is 22.3 Å². The third kappa shape index (κ3) is 12.8. The first-order valence-electron chi connectivity index (χ1n) is 18.5. The number of nitrogens with one attached hydrogen (secondary N) is 3. The number of rotatable bonds is 17. The average molecular weight is 747 g/mol. The highest BCUT2D eigenvalue weighted by atomic mass is 16.2. The second-order valence-corrected chi connectivity index (χ2v) is 14.8. The third-order valence-electron chi connectivity index (χ3n) is 9.32. The van der Waals surface area contributed by atoms with Gasteiger partial charge in [-0.3, -0.25) is 24.2 Å². The van der Waals surface area contributed by atoms with Crippen LogP contribution in [0.4, 0.5) is 0 Å². The summed E-state index contributed by atoms with van der Waals surface area (Å²) in [6.07, 6.45) is 0.913. The highest BCUT2D eigenvalue weighted by molar-refractivity contribution is 5.94. The summed E-state index contributed by atoms with van der Waals surface area (Å²) in [4.78, 5) is 56.5. The zero-order valence-electron chi connectivity index (χ0n) is 32.0. The lowest BCUT2D eigenvalue weighted by Crippen LogP contribution is -2.57. The molecule has 0 spiro atoms. The van der Waals surface area contributed by atoms with E-state index in [-0.39, 0.29) is 37.2 Å². The molecule has 0 radical (unpaired) electrons. The van der Waals surface area contributed by atoms with Crippen LogP contribution < -0.4 is 38.9 Å². The Morgan fingerprint density at radius 3 is 1.62 bits per heavy atom. The molecule has 4 amide bonds. The summed E-state index contributed by atoms with van der Waals surface area (Å²) in [5.41, 5.74) is 29.7. The SMILES string of the molecule is C[C@H](NC(=O)[C@@H](N)Cc1ccc(-c2ccccc2)cc1)C(=O)N[C@@H](Cc1ccc(-c2ccc(C(C)(C)C)cc2)cc1)C(=O)N[C@@H](CCCN=C(N)N)C(N)=O. The Balaban J connectivity index is 1.44. The van der Waals surface area contributed by atoms with Gasteiger partial charge in [-0.15, -0.1) is 0 Å². The van der Waals surface area contributed by atoms with E-state index in [1.165, 1.54) is 12.5 Å².